The fourth-order valence-corrected chi connectivity index (χ4v) is 3.39. The molecule has 0 saturated carbocycles. The third-order valence-electron chi connectivity index (χ3n) is 3.72. The molecule has 0 radical (unpaired) electrons. The molecule has 1 aliphatic rings. The molecule has 0 atom stereocenters. The van der Waals surface area contributed by atoms with Gasteiger partial charge in [-0.15, -0.1) is 0 Å². The molecule has 1 aromatic carbocycles. The van der Waals surface area contributed by atoms with Crippen LogP contribution in [0.3, 0.4) is 0 Å². The second-order valence-corrected chi connectivity index (χ2v) is 6.27. The summed E-state index contributed by atoms with van der Waals surface area (Å²) in [4.78, 5) is 28.7. The van der Waals surface area contributed by atoms with Crippen LogP contribution in [0.1, 0.15) is 37.0 Å². The number of methoxy groups -OCH3 is 1. The van der Waals surface area contributed by atoms with Crippen molar-refractivity contribution in [2.45, 2.75) is 31.7 Å². The normalized spacial score (nSPS) is 13.2. The van der Waals surface area contributed by atoms with Crippen LogP contribution in [-0.4, -0.2) is 33.5 Å². The van der Waals surface area contributed by atoms with E-state index >= 15 is 0 Å². The van der Waals surface area contributed by atoms with E-state index < -0.39 is 0 Å². The van der Waals surface area contributed by atoms with Crippen molar-refractivity contribution in [3.8, 4) is 5.75 Å². The van der Waals surface area contributed by atoms with E-state index in [2.05, 4.69) is 10.1 Å². The molecule has 1 amide bonds. The molecule has 2 aromatic rings. The van der Waals surface area contributed by atoms with Crippen LogP contribution in [-0.2, 0) is 4.79 Å². The number of hydrazone groups is 1. The molecule has 0 saturated heterocycles. The van der Waals surface area contributed by atoms with Crippen LogP contribution >= 0.6 is 11.8 Å². The number of benzene rings is 1. The van der Waals surface area contributed by atoms with Crippen LogP contribution in [0.5, 0.6) is 5.75 Å². The summed E-state index contributed by atoms with van der Waals surface area (Å²) in [7, 11) is 1.59. The largest absolute Gasteiger partial charge is 0.497 e. The maximum Gasteiger partial charge on any atom is 0.248 e. The summed E-state index contributed by atoms with van der Waals surface area (Å²) < 4.78 is 6.74. The molecule has 0 unspecified atom stereocenters. The number of ether oxygens (including phenoxy) is 1. The molecule has 2 heterocycles. The zero-order chi connectivity index (χ0) is 18.0. The highest BCUT2D eigenvalue weighted by Crippen LogP contribution is 2.37. The number of carbonyl (C=O) groups is 2. The summed E-state index contributed by atoms with van der Waals surface area (Å²) in [5, 5.41) is 6.95. The summed E-state index contributed by atoms with van der Waals surface area (Å²) in [6.45, 7) is 3.55. The van der Waals surface area contributed by atoms with E-state index in [0.29, 0.717) is 28.1 Å². The molecule has 0 N–H and O–H groups in total. The standard InChI is InChI=1S/C17H18N4O3S/c1-4-13(22)20-10-18-15-17(20)25-16(19-21(15)14(23)5-2)11-7-6-8-12(9-11)24-3/h6-10H,4-5H2,1-3H3. The molecule has 130 valence electrons. The Bertz CT molecular complexity index is 859. The highest BCUT2D eigenvalue weighted by atomic mass is 32.2. The lowest BCUT2D eigenvalue weighted by atomic mass is 10.2. The smallest absolute Gasteiger partial charge is 0.248 e. The van der Waals surface area contributed by atoms with Crippen molar-refractivity contribution >= 4 is 34.4 Å². The fourth-order valence-electron chi connectivity index (χ4n) is 2.36. The molecular weight excluding hydrogens is 340 g/mol. The summed E-state index contributed by atoms with van der Waals surface area (Å²) in [6.07, 6.45) is 2.08. The molecule has 8 heteroatoms. The maximum atomic E-state index is 12.3. The molecule has 1 aliphatic heterocycles. The number of thioether (sulfide) groups is 1. The molecule has 7 nitrogen and oxygen atoms in total. The van der Waals surface area contributed by atoms with Gasteiger partial charge in [0.05, 0.1) is 7.11 Å². The number of hydrogen-bond donors (Lipinski definition) is 0. The first-order valence-corrected chi connectivity index (χ1v) is 8.75. The first kappa shape index (κ1) is 17.2. The Labute approximate surface area is 149 Å². The SMILES string of the molecule is CCC(=O)N1N=C(c2cccc(OC)c2)Sc2c1ncn2C(=O)CC. The minimum Gasteiger partial charge on any atom is -0.497 e. The Balaban J connectivity index is 2.09. The molecule has 25 heavy (non-hydrogen) atoms. The number of hydrogen-bond acceptors (Lipinski definition) is 6. The molecular formula is C17H18N4O3S. The number of fused-ring (bicyclic) bond motifs is 1. The Morgan fingerprint density at radius 3 is 2.64 bits per heavy atom. The summed E-state index contributed by atoms with van der Waals surface area (Å²) >= 11 is 1.32. The van der Waals surface area contributed by atoms with Crippen molar-refractivity contribution in [2.75, 3.05) is 12.1 Å². The Kier molecular flexibility index (Phi) is 4.89. The van der Waals surface area contributed by atoms with Crippen LogP contribution in [0.25, 0.3) is 0 Å². The fraction of sp³-hybridized carbons (Fsp3) is 0.294. The predicted octanol–water partition coefficient (Wildman–Crippen LogP) is 3.15. The number of carbonyl (C=O) groups excluding carboxylic acids is 2. The maximum absolute atomic E-state index is 12.3. The van der Waals surface area contributed by atoms with E-state index in [4.69, 9.17) is 4.74 Å². The van der Waals surface area contributed by atoms with Crippen molar-refractivity contribution in [2.24, 2.45) is 5.10 Å². The van der Waals surface area contributed by atoms with E-state index in [1.165, 1.54) is 27.7 Å². The van der Waals surface area contributed by atoms with E-state index in [-0.39, 0.29) is 18.2 Å². The number of nitrogens with zero attached hydrogens (tertiary/aromatic N) is 4. The third-order valence-corrected chi connectivity index (χ3v) is 4.80. The van der Waals surface area contributed by atoms with Crippen LogP contribution < -0.4 is 9.75 Å². The second kappa shape index (κ2) is 7.10. The summed E-state index contributed by atoms with van der Waals surface area (Å²) in [5.74, 6) is 0.816. The minimum absolute atomic E-state index is 0.0861. The Morgan fingerprint density at radius 2 is 1.96 bits per heavy atom. The average Bonchev–Trinajstić information content (AvgIpc) is 3.10. The predicted molar refractivity (Wildman–Crippen MR) is 96.3 cm³/mol. The topological polar surface area (TPSA) is 76.8 Å². The zero-order valence-corrected chi connectivity index (χ0v) is 15.0. The number of aromatic nitrogens is 2. The lowest BCUT2D eigenvalue weighted by Gasteiger charge is -2.22. The molecule has 0 bridgehead atoms. The van der Waals surface area contributed by atoms with Crippen molar-refractivity contribution in [3.63, 3.8) is 0 Å². The summed E-state index contributed by atoms with van der Waals surface area (Å²) in [5.41, 5.74) is 0.806. The number of amides is 1. The van der Waals surface area contributed by atoms with Crippen LogP contribution in [0.2, 0.25) is 0 Å². The number of anilines is 1. The van der Waals surface area contributed by atoms with Gasteiger partial charge in [0, 0.05) is 18.4 Å². The quantitative estimate of drug-likeness (QED) is 0.839. The van der Waals surface area contributed by atoms with Gasteiger partial charge in [-0.3, -0.25) is 14.2 Å². The number of imidazole rings is 1. The highest BCUT2D eigenvalue weighted by molar-refractivity contribution is 8.14. The van der Waals surface area contributed by atoms with Crippen molar-refractivity contribution in [3.05, 3.63) is 36.2 Å². The van der Waals surface area contributed by atoms with Crippen LogP contribution in [0, 0.1) is 0 Å². The lowest BCUT2D eigenvalue weighted by molar-refractivity contribution is -0.118. The van der Waals surface area contributed by atoms with Gasteiger partial charge in [-0.2, -0.15) is 10.1 Å². The molecule has 1 aromatic heterocycles. The van der Waals surface area contributed by atoms with E-state index in [0.717, 1.165) is 5.56 Å². The molecule has 3 rings (SSSR count). The molecule has 0 fully saturated rings. The van der Waals surface area contributed by atoms with Crippen LogP contribution in [0.4, 0.5) is 5.82 Å². The third kappa shape index (κ3) is 3.17. The minimum atomic E-state index is -0.184. The summed E-state index contributed by atoms with van der Waals surface area (Å²) in [6, 6.07) is 7.42. The lowest BCUT2D eigenvalue weighted by Crippen LogP contribution is -2.29. The average molecular weight is 358 g/mol. The monoisotopic (exact) mass is 358 g/mol. The van der Waals surface area contributed by atoms with Gasteiger partial charge in [0.2, 0.25) is 11.8 Å². The second-order valence-electron chi connectivity index (χ2n) is 5.29. The van der Waals surface area contributed by atoms with Gasteiger partial charge < -0.3 is 4.74 Å². The van der Waals surface area contributed by atoms with E-state index in [9.17, 15) is 9.59 Å². The Hall–Kier alpha value is -2.61. The first-order chi connectivity index (χ1) is 12.1. The van der Waals surface area contributed by atoms with Gasteiger partial charge in [0.15, 0.2) is 5.82 Å². The first-order valence-electron chi connectivity index (χ1n) is 7.93. The van der Waals surface area contributed by atoms with Gasteiger partial charge in [-0.05, 0) is 23.9 Å². The highest BCUT2D eigenvalue weighted by Gasteiger charge is 2.30. The van der Waals surface area contributed by atoms with E-state index in [1.54, 1.807) is 21.0 Å². The van der Waals surface area contributed by atoms with Gasteiger partial charge in [-0.1, -0.05) is 26.0 Å². The van der Waals surface area contributed by atoms with Crippen molar-refractivity contribution < 1.29 is 14.3 Å². The van der Waals surface area contributed by atoms with Gasteiger partial charge in [0.1, 0.15) is 22.1 Å². The molecule has 0 aliphatic carbocycles. The number of rotatable bonds is 4. The van der Waals surface area contributed by atoms with Crippen molar-refractivity contribution in [1.82, 2.24) is 9.55 Å². The Morgan fingerprint density at radius 1 is 1.20 bits per heavy atom. The van der Waals surface area contributed by atoms with E-state index in [1.807, 2.05) is 24.3 Å². The van der Waals surface area contributed by atoms with Gasteiger partial charge >= 0.3 is 0 Å². The van der Waals surface area contributed by atoms with Crippen LogP contribution in [0.15, 0.2) is 40.7 Å². The van der Waals surface area contributed by atoms with Gasteiger partial charge in [0.25, 0.3) is 0 Å². The zero-order valence-electron chi connectivity index (χ0n) is 14.2. The van der Waals surface area contributed by atoms with Gasteiger partial charge in [-0.25, -0.2) is 4.98 Å². The van der Waals surface area contributed by atoms with Crippen molar-refractivity contribution in [1.29, 1.82) is 0 Å². The molecule has 0 spiro atoms.